The zero-order valence-electron chi connectivity index (χ0n) is 15.5. The van der Waals surface area contributed by atoms with E-state index in [-0.39, 0.29) is 29.5 Å². The molecule has 1 amide bonds. The molecular formula is C18H24N2O6S. The van der Waals surface area contributed by atoms with Gasteiger partial charge in [0.25, 0.3) is 5.91 Å². The fourth-order valence-corrected chi connectivity index (χ4v) is 5.06. The molecule has 9 heteroatoms. The molecule has 2 fully saturated rings. The first kappa shape index (κ1) is 19.8. The largest absolute Gasteiger partial charge is 0.465 e. The predicted octanol–water partition coefficient (Wildman–Crippen LogP) is 0.794. The molecular weight excluding hydrogens is 372 g/mol. The number of benzene rings is 1. The number of carbonyl (C=O) groups is 2. The molecule has 2 saturated heterocycles. The van der Waals surface area contributed by atoms with E-state index in [1.807, 2.05) is 0 Å². The number of methoxy groups -OCH3 is 1. The van der Waals surface area contributed by atoms with Crippen LogP contribution in [0.15, 0.2) is 23.1 Å². The van der Waals surface area contributed by atoms with Crippen LogP contribution in [0.1, 0.15) is 28.8 Å². The Kier molecular flexibility index (Phi) is 5.83. The number of nitrogens with zero attached hydrogens (tertiary/aromatic N) is 2. The topological polar surface area (TPSA) is 93.2 Å². The molecule has 8 nitrogen and oxygen atoms in total. The molecule has 1 aromatic rings. The summed E-state index contributed by atoms with van der Waals surface area (Å²) >= 11 is 0. The van der Waals surface area contributed by atoms with Crippen molar-refractivity contribution in [3.8, 4) is 0 Å². The Labute approximate surface area is 159 Å². The van der Waals surface area contributed by atoms with Crippen molar-refractivity contribution in [1.29, 1.82) is 0 Å². The normalized spacial score (nSPS) is 21.3. The minimum absolute atomic E-state index is 0.0617. The monoisotopic (exact) mass is 396 g/mol. The highest BCUT2D eigenvalue weighted by Gasteiger charge is 2.34. The third-order valence-corrected chi connectivity index (χ3v) is 7.02. The van der Waals surface area contributed by atoms with Gasteiger partial charge >= 0.3 is 5.97 Å². The van der Waals surface area contributed by atoms with Gasteiger partial charge in [-0.2, -0.15) is 4.31 Å². The lowest BCUT2D eigenvalue weighted by Gasteiger charge is -2.35. The van der Waals surface area contributed by atoms with Gasteiger partial charge in [0.1, 0.15) is 6.10 Å². The standard InChI is InChI=1S/C18H24N2O6S/c1-13-5-6-14(18(22)25-2)12-16(13)27(23,24)20-9-7-19(8-10-20)17(21)15-4-3-11-26-15/h5-6,12,15H,3-4,7-11H2,1-2H3/t15-/m0/s1. The van der Waals surface area contributed by atoms with E-state index in [0.29, 0.717) is 25.3 Å². The summed E-state index contributed by atoms with van der Waals surface area (Å²) in [6.45, 7) is 3.36. The van der Waals surface area contributed by atoms with Gasteiger partial charge in [0.05, 0.1) is 17.6 Å². The maximum absolute atomic E-state index is 13.0. The summed E-state index contributed by atoms with van der Waals surface area (Å²) in [6, 6.07) is 4.48. The highest BCUT2D eigenvalue weighted by atomic mass is 32.2. The van der Waals surface area contributed by atoms with Crippen molar-refractivity contribution in [3.63, 3.8) is 0 Å². The van der Waals surface area contributed by atoms with Crippen LogP contribution < -0.4 is 0 Å². The first-order chi connectivity index (χ1) is 12.8. The second-order valence-electron chi connectivity index (χ2n) is 6.70. The summed E-state index contributed by atoms with van der Waals surface area (Å²) in [5, 5.41) is 0. The predicted molar refractivity (Wildman–Crippen MR) is 96.8 cm³/mol. The first-order valence-electron chi connectivity index (χ1n) is 8.94. The lowest BCUT2D eigenvalue weighted by Crippen LogP contribution is -2.52. The quantitative estimate of drug-likeness (QED) is 0.699. The fourth-order valence-electron chi connectivity index (χ4n) is 3.39. The summed E-state index contributed by atoms with van der Waals surface area (Å²) in [5.74, 6) is -0.646. The van der Waals surface area contributed by atoms with Crippen LogP contribution in [-0.2, 0) is 24.3 Å². The second kappa shape index (κ2) is 7.95. The van der Waals surface area contributed by atoms with Gasteiger partial charge in [0, 0.05) is 32.8 Å². The molecule has 0 radical (unpaired) electrons. The van der Waals surface area contributed by atoms with Crippen molar-refractivity contribution in [2.24, 2.45) is 0 Å². The van der Waals surface area contributed by atoms with Crippen LogP contribution in [0, 0.1) is 6.92 Å². The zero-order chi connectivity index (χ0) is 19.6. The zero-order valence-corrected chi connectivity index (χ0v) is 16.3. The molecule has 27 heavy (non-hydrogen) atoms. The van der Waals surface area contributed by atoms with E-state index in [0.717, 1.165) is 12.8 Å². The van der Waals surface area contributed by atoms with Crippen LogP contribution in [0.4, 0.5) is 0 Å². The van der Waals surface area contributed by atoms with Gasteiger partial charge in [-0.1, -0.05) is 6.07 Å². The highest BCUT2D eigenvalue weighted by Crippen LogP contribution is 2.24. The molecule has 2 heterocycles. The lowest BCUT2D eigenvalue weighted by molar-refractivity contribution is -0.142. The van der Waals surface area contributed by atoms with Crippen molar-refractivity contribution >= 4 is 21.9 Å². The van der Waals surface area contributed by atoms with Crippen molar-refractivity contribution in [2.45, 2.75) is 30.8 Å². The van der Waals surface area contributed by atoms with E-state index in [9.17, 15) is 18.0 Å². The maximum atomic E-state index is 13.0. The van der Waals surface area contributed by atoms with Crippen LogP contribution in [0.3, 0.4) is 0 Å². The Bertz CT molecular complexity index is 824. The molecule has 0 bridgehead atoms. The molecule has 0 aliphatic carbocycles. The van der Waals surface area contributed by atoms with Crippen LogP contribution in [0.25, 0.3) is 0 Å². The van der Waals surface area contributed by atoms with Crippen molar-refractivity contribution < 1.29 is 27.5 Å². The highest BCUT2D eigenvalue weighted by molar-refractivity contribution is 7.89. The van der Waals surface area contributed by atoms with E-state index in [1.165, 1.54) is 17.5 Å². The molecule has 3 rings (SSSR count). The fraction of sp³-hybridized carbons (Fsp3) is 0.556. The maximum Gasteiger partial charge on any atom is 0.337 e. The van der Waals surface area contributed by atoms with Crippen LogP contribution in [0.2, 0.25) is 0 Å². The smallest absolute Gasteiger partial charge is 0.337 e. The molecule has 1 atom stereocenters. The number of esters is 1. The Balaban J connectivity index is 1.73. The molecule has 0 spiro atoms. The summed E-state index contributed by atoms with van der Waals surface area (Å²) < 4.78 is 37.6. The Hall–Kier alpha value is -1.97. The summed E-state index contributed by atoms with van der Waals surface area (Å²) in [6.07, 6.45) is 1.20. The van der Waals surface area contributed by atoms with E-state index in [1.54, 1.807) is 24.0 Å². The number of aryl methyl sites for hydroxylation is 1. The second-order valence-corrected chi connectivity index (χ2v) is 8.61. The molecule has 148 valence electrons. The first-order valence-corrected chi connectivity index (χ1v) is 10.4. The number of hydrogen-bond donors (Lipinski definition) is 0. The number of amides is 1. The lowest BCUT2D eigenvalue weighted by atomic mass is 10.1. The van der Waals surface area contributed by atoms with Gasteiger partial charge in [0.2, 0.25) is 10.0 Å². The summed E-state index contributed by atoms with van der Waals surface area (Å²) in [4.78, 5) is 25.9. The van der Waals surface area contributed by atoms with Crippen LogP contribution >= 0.6 is 0 Å². The number of carbonyl (C=O) groups excluding carboxylic acids is 2. The average molecular weight is 396 g/mol. The summed E-state index contributed by atoms with van der Waals surface area (Å²) in [5.41, 5.74) is 0.745. The molecule has 0 unspecified atom stereocenters. The molecule has 2 aliphatic rings. The van der Waals surface area contributed by atoms with Gasteiger partial charge < -0.3 is 14.4 Å². The van der Waals surface area contributed by atoms with E-state index < -0.39 is 22.1 Å². The van der Waals surface area contributed by atoms with E-state index >= 15 is 0 Å². The van der Waals surface area contributed by atoms with Crippen molar-refractivity contribution in [2.75, 3.05) is 39.9 Å². The van der Waals surface area contributed by atoms with E-state index in [2.05, 4.69) is 4.74 Å². The Morgan fingerprint density at radius 2 is 1.89 bits per heavy atom. The van der Waals surface area contributed by atoms with Gasteiger partial charge in [-0.3, -0.25) is 4.79 Å². The minimum Gasteiger partial charge on any atom is -0.465 e. The Morgan fingerprint density at radius 1 is 1.19 bits per heavy atom. The SMILES string of the molecule is COC(=O)c1ccc(C)c(S(=O)(=O)N2CCN(C(=O)[C@@H]3CCCO3)CC2)c1. The van der Waals surface area contributed by atoms with Gasteiger partial charge in [-0.05, 0) is 37.5 Å². The van der Waals surface area contributed by atoms with Crippen molar-refractivity contribution in [3.05, 3.63) is 29.3 Å². The average Bonchev–Trinajstić information content (AvgIpc) is 3.22. The number of sulfonamides is 1. The van der Waals surface area contributed by atoms with Gasteiger partial charge in [-0.15, -0.1) is 0 Å². The Morgan fingerprint density at radius 3 is 2.48 bits per heavy atom. The molecule has 0 saturated carbocycles. The van der Waals surface area contributed by atoms with E-state index in [4.69, 9.17) is 4.74 Å². The van der Waals surface area contributed by atoms with Crippen LogP contribution in [0.5, 0.6) is 0 Å². The molecule has 0 N–H and O–H groups in total. The third-order valence-electron chi connectivity index (χ3n) is 4.98. The minimum atomic E-state index is -3.77. The number of ether oxygens (including phenoxy) is 2. The molecule has 1 aromatic carbocycles. The van der Waals surface area contributed by atoms with Gasteiger partial charge in [-0.25, -0.2) is 13.2 Å². The molecule has 0 aromatic heterocycles. The number of piperazine rings is 1. The van der Waals surface area contributed by atoms with Crippen molar-refractivity contribution in [1.82, 2.24) is 9.21 Å². The third kappa shape index (κ3) is 3.99. The molecule has 2 aliphatic heterocycles. The van der Waals surface area contributed by atoms with Crippen LogP contribution in [-0.4, -0.2) is 75.5 Å². The number of hydrogen-bond acceptors (Lipinski definition) is 6. The van der Waals surface area contributed by atoms with Gasteiger partial charge in [0.15, 0.2) is 0 Å². The number of rotatable bonds is 4. The summed E-state index contributed by atoms with van der Waals surface area (Å²) in [7, 11) is -2.52.